The van der Waals surface area contributed by atoms with Gasteiger partial charge < -0.3 is 99.2 Å². The third-order valence-electron chi connectivity index (χ3n) is 30.2. The Morgan fingerprint density at radius 3 is 0.809 bits per heavy atom. The maximum Gasteiger partial charge on any atom is 0.344 e. The number of hydrogen-bond donors (Lipinski definition) is 12. The summed E-state index contributed by atoms with van der Waals surface area (Å²) in [6, 6.07) is 23.8. The smallest absolute Gasteiger partial charge is 0.344 e. The topological polar surface area (TPSA) is 453 Å². The van der Waals surface area contributed by atoms with E-state index in [2.05, 4.69) is 24.3 Å². The third kappa shape index (κ3) is 35.7. The van der Waals surface area contributed by atoms with Crippen LogP contribution in [0.25, 0.3) is 0 Å². The monoisotopic (exact) mass is 1910 g/mol. The molecule has 4 aromatic rings. The highest BCUT2D eigenvalue weighted by Crippen LogP contribution is 2.53. The fourth-order valence-corrected chi connectivity index (χ4v) is 22.6. The molecule has 8 aliphatic rings. The normalized spacial score (nSPS) is 24.7. The first-order valence-corrected chi connectivity index (χ1v) is 51.3. The lowest BCUT2D eigenvalue weighted by atomic mass is 9.73. The predicted molar refractivity (Wildman–Crippen MR) is 511 cm³/mol. The Bertz CT molecular complexity index is 4340. The lowest BCUT2D eigenvalue weighted by molar-refractivity contribution is -0.151. The van der Waals surface area contributed by atoms with Gasteiger partial charge >= 0.3 is 47.8 Å². The van der Waals surface area contributed by atoms with E-state index in [4.69, 9.17) is 58.3 Å². The first-order chi connectivity index (χ1) is 65.3. The second-order valence-electron chi connectivity index (χ2n) is 39.9. The molecule has 0 aliphatic heterocycles. The zero-order valence-corrected chi connectivity index (χ0v) is 81.5. The van der Waals surface area contributed by atoms with Crippen LogP contribution in [0.2, 0.25) is 0 Å². The van der Waals surface area contributed by atoms with E-state index in [1.807, 2.05) is 90.1 Å². The molecule has 4 saturated carbocycles. The van der Waals surface area contributed by atoms with Crippen LogP contribution in [-0.4, -0.2) is 210 Å². The zero-order valence-electron chi connectivity index (χ0n) is 81.5. The molecule has 136 heavy (non-hydrogen) atoms. The highest BCUT2D eigenvalue weighted by Gasteiger charge is 2.49. The van der Waals surface area contributed by atoms with Crippen LogP contribution in [0, 0.1) is 71.0 Å². The number of hydrogen-bond acceptors (Lipinski definition) is 24. The van der Waals surface area contributed by atoms with Gasteiger partial charge in [-0.3, -0.25) is 19.2 Å². The van der Waals surface area contributed by atoms with Crippen molar-refractivity contribution in [2.75, 3.05) is 39.6 Å². The summed E-state index contributed by atoms with van der Waals surface area (Å²) in [5, 5.41) is 117. The molecule has 4 fully saturated rings. The SMILES string of the molecule is CC[C@H](O)CC[C@@H]1[C@H]2Cc3cccc(OCC(=O)OC(C)CCCCC(=O)O)c3C[C@H]2C[C@H]1O.CC[C@H](O)CC[C@@H]1[C@H]2Cc3cccc(OCC(=O)OC(C)CCCCCC(=O)O)c3C[C@H]2C[C@H]1O.CC[C@H](O)CC[C@@H]1[C@H]2Cc3cccc(OCC(=O)OCCCCCC(=O)O)c3C[C@H]2C[C@H]1O.CC[C@H](O)CC[C@@H]1[C@H]2Cc3cccc(OCC(=O)OCCCCCCC(=O)O)c3C[C@H]2C[C@H]1O. The molecule has 4 aromatic carbocycles. The van der Waals surface area contributed by atoms with E-state index in [0.29, 0.717) is 130 Å². The highest BCUT2D eigenvalue weighted by atomic mass is 16.6. The van der Waals surface area contributed by atoms with Gasteiger partial charge in [0.1, 0.15) is 23.0 Å². The van der Waals surface area contributed by atoms with Crippen molar-refractivity contribution >= 4 is 47.8 Å². The van der Waals surface area contributed by atoms with Crippen molar-refractivity contribution in [3.05, 3.63) is 117 Å². The quantitative estimate of drug-likeness (QED) is 0.0111. The van der Waals surface area contributed by atoms with Crippen molar-refractivity contribution in [1.82, 2.24) is 0 Å². The molecule has 0 saturated heterocycles. The van der Waals surface area contributed by atoms with Crippen molar-refractivity contribution in [3.63, 3.8) is 0 Å². The van der Waals surface area contributed by atoms with Gasteiger partial charge in [0, 0.05) is 25.7 Å². The van der Waals surface area contributed by atoms with E-state index in [1.165, 1.54) is 22.3 Å². The van der Waals surface area contributed by atoms with Gasteiger partial charge in [0.2, 0.25) is 0 Å². The van der Waals surface area contributed by atoms with Crippen molar-refractivity contribution < 1.29 is 138 Å². The Morgan fingerprint density at radius 2 is 0.544 bits per heavy atom. The molecule has 28 nitrogen and oxygen atoms in total. The van der Waals surface area contributed by atoms with Crippen LogP contribution in [0.5, 0.6) is 23.0 Å². The Kier molecular flexibility index (Phi) is 47.3. The molecule has 8 aliphatic carbocycles. The first kappa shape index (κ1) is 111. The number of carbonyl (C=O) groups is 8. The number of ether oxygens (including phenoxy) is 8. The van der Waals surface area contributed by atoms with Gasteiger partial charge in [-0.05, 0) is 378 Å². The van der Waals surface area contributed by atoms with Gasteiger partial charge in [0.05, 0.1) is 74.3 Å². The highest BCUT2D eigenvalue weighted by molar-refractivity contribution is 5.73. The Hall–Kier alpha value is -8.48. The fraction of sp³-hybridized carbons (Fsp3) is 0.704. The second kappa shape index (κ2) is 57.9. The van der Waals surface area contributed by atoms with Crippen molar-refractivity contribution in [2.45, 2.75) is 372 Å². The van der Waals surface area contributed by atoms with Gasteiger partial charge in [-0.15, -0.1) is 0 Å². The van der Waals surface area contributed by atoms with Crippen LogP contribution < -0.4 is 18.9 Å². The molecule has 0 bridgehead atoms. The number of aliphatic hydroxyl groups excluding tert-OH is 8. The molecule has 0 radical (unpaired) electrons. The fourth-order valence-electron chi connectivity index (χ4n) is 22.6. The number of carboxylic acid groups (broad SMARTS) is 4. The molecule has 0 amide bonds. The van der Waals surface area contributed by atoms with E-state index < -0.39 is 47.8 Å². The van der Waals surface area contributed by atoms with E-state index in [0.717, 1.165) is 214 Å². The average molecular weight is 1910 g/mol. The van der Waals surface area contributed by atoms with Gasteiger partial charge in [0.25, 0.3) is 0 Å². The van der Waals surface area contributed by atoms with E-state index >= 15 is 0 Å². The summed E-state index contributed by atoms with van der Waals surface area (Å²) < 4.78 is 44.8. The number of benzene rings is 4. The predicted octanol–water partition coefficient (Wildman–Crippen LogP) is 15.6. The minimum Gasteiger partial charge on any atom is -0.482 e. The molecular formula is C108H160O28. The van der Waals surface area contributed by atoms with E-state index in [9.17, 15) is 79.2 Å². The Morgan fingerprint density at radius 1 is 0.309 bits per heavy atom. The standard InChI is InChI=1S/C28H42O7.2C27H40O7.C26H38O7/c1-3-21(29)12-13-22-23-14-19-9-7-10-26(24(19)15-20(23)16-25(22)30)34-17-28(33)35-18(2)8-5-4-6-11-27(31)32;1-3-20(28)11-12-21-22-13-18-8-6-9-25(23(18)14-19(22)15-24(21)29)33-16-27(32)34-17(2)7-4-5-10-26(30)31;1-2-20(28)11-12-21-22-14-18-8-7-9-25(23(18)15-19(22)16-24(21)29)34-17-27(32)33-13-6-4-3-5-10-26(30)31;1-2-19(27)10-11-20-21-13-17-7-6-8-24(22(17)14-18(21)15-23(20)28)33-16-26(31)32-12-5-3-4-9-25(29)30/h7,9-10,18,20-23,25,29-30H,3-6,8,11-17H2,1-2H3,(H,31,32);6,8-9,17,19-22,24,28-29H,3-5,7,10-16H2,1-2H3,(H,30,31);7-9,19-22,24,28-29H,2-6,10-17H2,1H3,(H,30,31);6-8,18-21,23,27-28H,2-5,9-16H2,1H3,(H,29,30)/t18?,20-,21-,22+,23-,25+;17?,19-,20-,21+,22-,24+;19-,20-,21+,22-,24+;18-,19-,20+,21-,23+/m0000/s1. The maximum absolute atomic E-state index is 12.3. The van der Waals surface area contributed by atoms with Crippen LogP contribution in [0.3, 0.4) is 0 Å². The molecule has 760 valence electrons. The van der Waals surface area contributed by atoms with Gasteiger partial charge in [0.15, 0.2) is 26.4 Å². The summed E-state index contributed by atoms with van der Waals surface area (Å²) in [6.45, 7) is 11.6. The number of aliphatic carboxylic acids is 4. The van der Waals surface area contributed by atoms with Crippen LogP contribution in [0.4, 0.5) is 0 Å². The van der Waals surface area contributed by atoms with Gasteiger partial charge in [-0.2, -0.15) is 0 Å². The lowest BCUT2D eigenvalue weighted by Gasteiger charge is -2.32. The number of aliphatic hydroxyl groups is 8. The Balaban J connectivity index is 0.000000203. The summed E-state index contributed by atoms with van der Waals surface area (Å²) in [6.07, 6.45) is 26.7. The molecule has 2 unspecified atom stereocenters. The molecule has 22 atom stereocenters. The molecule has 0 heterocycles. The van der Waals surface area contributed by atoms with Gasteiger partial charge in [-0.25, -0.2) is 19.2 Å². The zero-order chi connectivity index (χ0) is 98.3. The number of fused-ring (bicyclic) bond motifs is 8. The minimum atomic E-state index is -0.812. The molecule has 28 heteroatoms. The molecule has 0 aromatic heterocycles. The lowest BCUT2D eigenvalue weighted by Crippen LogP contribution is -2.28. The van der Waals surface area contributed by atoms with Crippen LogP contribution in [0.1, 0.15) is 304 Å². The van der Waals surface area contributed by atoms with Crippen LogP contribution in [-0.2, 0) is 109 Å². The number of rotatable bonds is 54. The molecule has 12 rings (SSSR count). The van der Waals surface area contributed by atoms with Crippen molar-refractivity contribution in [3.8, 4) is 23.0 Å². The van der Waals surface area contributed by atoms with Crippen LogP contribution in [0.15, 0.2) is 72.8 Å². The Labute approximate surface area is 804 Å². The van der Waals surface area contributed by atoms with Crippen molar-refractivity contribution in [1.29, 1.82) is 0 Å². The van der Waals surface area contributed by atoms with E-state index in [-0.39, 0.29) is 143 Å². The molecule has 0 spiro atoms. The number of esters is 4. The second-order valence-corrected chi connectivity index (χ2v) is 39.9. The molecule has 12 N–H and O–H groups in total. The number of carboxylic acids is 4. The summed E-state index contributed by atoms with van der Waals surface area (Å²) in [7, 11) is 0. The van der Waals surface area contributed by atoms with Gasteiger partial charge in [-0.1, -0.05) is 95.5 Å². The summed E-state index contributed by atoms with van der Waals surface area (Å²) in [5.74, 6) is 2.12. The van der Waals surface area contributed by atoms with Crippen LogP contribution >= 0.6 is 0 Å². The largest absolute Gasteiger partial charge is 0.482 e. The summed E-state index contributed by atoms with van der Waals surface area (Å²) in [4.78, 5) is 90.9. The summed E-state index contributed by atoms with van der Waals surface area (Å²) in [5.41, 5.74) is 9.41. The number of unbranched alkanes of at least 4 members (excludes halogenated alkanes) is 8. The number of carbonyl (C=O) groups excluding carboxylic acids is 4. The maximum atomic E-state index is 12.3. The molecular weight excluding hydrogens is 1750 g/mol. The van der Waals surface area contributed by atoms with Crippen molar-refractivity contribution in [2.24, 2.45) is 71.0 Å². The average Bonchev–Trinajstić information content (AvgIpc) is 1.63. The first-order valence-electron chi connectivity index (χ1n) is 51.3. The minimum absolute atomic E-state index is 0.128. The third-order valence-corrected chi connectivity index (χ3v) is 30.2. The van der Waals surface area contributed by atoms with E-state index in [1.54, 1.807) is 0 Å². The summed E-state index contributed by atoms with van der Waals surface area (Å²) >= 11 is 0.